The summed E-state index contributed by atoms with van der Waals surface area (Å²) in [7, 11) is 1.69. The van der Waals surface area contributed by atoms with Crippen LogP contribution < -0.4 is 20.3 Å². The average molecular weight is 488 g/mol. The van der Waals surface area contributed by atoms with Crippen molar-refractivity contribution in [2.45, 2.75) is 12.5 Å². The molecule has 2 amide bonds. The van der Waals surface area contributed by atoms with Crippen molar-refractivity contribution in [3.05, 3.63) is 90.3 Å². The van der Waals surface area contributed by atoms with Gasteiger partial charge in [0.2, 0.25) is 0 Å². The molecule has 1 atom stereocenters. The lowest BCUT2D eigenvalue weighted by molar-refractivity contribution is -0.139. The van der Waals surface area contributed by atoms with Crippen molar-refractivity contribution in [3.63, 3.8) is 0 Å². The zero-order chi connectivity index (χ0) is 25.2. The summed E-state index contributed by atoms with van der Waals surface area (Å²) in [6, 6.07) is 21.7. The molecule has 4 rings (SSSR count). The van der Waals surface area contributed by atoms with Gasteiger partial charge >= 0.3 is 11.8 Å². The molecule has 1 aromatic heterocycles. The maximum Gasteiger partial charge on any atom is 0.309 e. The van der Waals surface area contributed by atoms with Crippen LogP contribution in [0.4, 0.5) is 5.69 Å². The third-order valence-electron chi connectivity index (χ3n) is 6.45. The van der Waals surface area contributed by atoms with Crippen LogP contribution in [0.1, 0.15) is 17.2 Å². The number of nitrogens with one attached hydrogen (secondary N) is 2. The third kappa shape index (κ3) is 6.60. The molecule has 1 fully saturated rings. The molecule has 0 unspecified atom stereocenters. The number of benzene rings is 2. The van der Waals surface area contributed by atoms with Gasteiger partial charge < -0.3 is 20.3 Å². The first kappa shape index (κ1) is 25.2. The van der Waals surface area contributed by atoms with Gasteiger partial charge in [0.05, 0.1) is 18.8 Å². The fourth-order valence-electron chi connectivity index (χ4n) is 4.51. The summed E-state index contributed by atoms with van der Waals surface area (Å²) in [5.74, 6) is -0.373. The molecule has 188 valence electrons. The number of nitrogens with zero attached hydrogens (tertiary/aromatic N) is 3. The average Bonchev–Trinajstić information content (AvgIpc) is 2.94. The lowest BCUT2D eigenvalue weighted by Crippen LogP contribution is -2.51. The number of hydrogen-bond donors (Lipinski definition) is 2. The monoisotopic (exact) mass is 487 g/mol. The Kier molecular flexibility index (Phi) is 8.88. The summed E-state index contributed by atoms with van der Waals surface area (Å²) in [5.41, 5.74) is 3.20. The highest BCUT2D eigenvalue weighted by molar-refractivity contribution is 6.35. The Balaban J connectivity index is 1.33. The first-order chi connectivity index (χ1) is 17.7. The van der Waals surface area contributed by atoms with E-state index in [9.17, 15) is 9.59 Å². The predicted octanol–water partition coefficient (Wildman–Crippen LogP) is 2.43. The molecular weight excluding hydrogens is 454 g/mol. The number of para-hydroxylation sites is 2. The lowest BCUT2D eigenvalue weighted by atomic mass is 10.1. The Morgan fingerprint density at radius 3 is 2.36 bits per heavy atom. The molecule has 2 aromatic carbocycles. The Morgan fingerprint density at radius 1 is 0.917 bits per heavy atom. The zero-order valence-electron chi connectivity index (χ0n) is 20.6. The van der Waals surface area contributed by atoms with E-state index < -0.39 is 11.8 Å². The number of amides is 2. The molecular formula is C28H33N5O3. The minimum absolute atomic E-state index is 0.0837. The first-order valence-corrected chi connectivity index (χ1v) is 12.3. The summed E-state index contributed by atoms with van der Waals surface area (Å²) in [6.45, 7) is 3.99. The number of piperazine rings is 1. The highest BCUT2D eigenvalue weighted by Crippen LogP contribution is 2.30. The summed E-state index contributed by atoms with van der Waals surface area (Å²) in [6.07, 6.45) is 4.23. The van der Waals surface area contributed by atoms with Crippen molar-refractivity contribution < 1.29 is 14.3 Å². The second-order valence-electron chi connectivity index (χ2n) is 8.70. The van der Waals surface area contributed by atoms with Crippen LogP contribution in [-0.2, 0) is 16.0 Å². The normalized spacial score (nSPS) is 14.6. The predicted molar refractivity (Wildman–Crippen MR) is 140 cm³/mol. The van der Waals surface area contributed by atoms with E-state index in [1.165, 1.54) is 0 Å². The largest absolute Gasteiger partial charge is 0.495 e. The van der Waals surface area contributed by atoms with E-state index in [1.54, 1.807) is 13.3 Å². The summed E-state index contributed by atoms with van der Waals surface area (Å²) in [5, 5.41) is 5.55. The zero-order valence-corrected chi connectivity index (χ0v) is 20.6. The highest BCUT2D eigenvalue weighted by Gasteiger charge is 2.27. The van der Waals surface area contributed by atoms with Crippen molar-refractivity contribution >= 4 is 17.5 Å². The molecule has 1 aliphatic rings. The van der Waals surface area contributed by atoms with Crippen molar-refractivity contribution in [3.8, 4) is 5.75 Å². The van der Waals surface area contributed by atoms with Crippen LogP contribution in [0.5, 0.6) is 5.75 Å². The summed E-state index contributed by atoms with van der Waals surface area (Å²) < 4.78 is 5.53. The molecule has 2 N–H and O–H groups in total. The van der Waals surface area contributed by atoms with Gasteiger partial charge in [-0.25, -0.2) is 0 Å². The van der Waals surface area contributed by atoms with Crippen LogP contribution >= 0.6 is 0 Å². The van der Waals surface area contributed by atoms with E-state index in [2.05, 4.69) is 31.5 Å². The Bertz CT molecular complexity index is 1120. The quantitative estimate of drug-likeness (QED) is 0.451. The molecule has 2 heterocycles. The van der Waals surface area contributed by atoms with Crippen molar-refractivity contribution in [2.75, 3.05) is 51.3 Å². The van der Waals surface area contributed by atoms with Gasteiger partial charge in [-0.2, -0.15) is 0 Å². The van der Waals surface area contributed by atoms with Crippen LogP contribution in [0.25, 0.3) is 0 Å². The van der Waals surface area contributed by atoms with Gasteiger partial charge in [-0.1, -0.05) is 48.5 Å². The van der Waals surface area contributed by atoms with Crippen LogP contribution in [0, 0.1) is 0 Å². The minimum Gasteiger partial charge on any atom is -0.495 e. The smallest absolute Gasteiger partial charge is 0.309 e. The van der Waals surface area contributed by atoms with E-state index in [0.29, 0.717) is 19.5 Å². The highest BCUT2D eigenvalue weighted by atomic mass is 16.5. The second-order valence-corrected chi connectivity index (χ2v) is 8.70. The van der Waals surface area contributed by atoms with Gasteiger partial charge in [0.15, 0.2) is 0 Å². The van der Waals surface area contributed by atoms with Crippen molar-refractivity contribution in [1.82, 2.24) is 20.5 Å². The Hall–Kier alpha value is -3.91. The molecule has 8 heteroatoms. The Labute approximate surface area is 212 Å². The maximum atomic E-state index is 12.5. The molecule has 3 aromatic rings. The SMILES string of the molecule is COc1ccccc1N1CCN([C@H](CNC(=O)C(=O)NCCc2ccccc2)c2cccnc2)CC1. The molecule has 8 nitrogen and oxygen atoms in total. The van der Waals surface area contributed by atoms with Gasteiger partial charge in [0, 0.05) is 51.7 Å². The van der Waals surface area contributed by atoms with E-state index in [4.69, 9.17) is 4.74 Å². The van der Waals surface area contributed by atoms with Gasteiger partial charge in [-0.05, 0) is 35.7 Å². The molecule has 1 saturated heterocycles. The lowest BCUT2D eigenvalue weighted by Gasteiger charge is -2.40. The number of carbonyl (C=O) groups is 2. The Morgan fingerprint density at radius 2 is 1.64 bits per heavy atom. The van der Waals surface area contributed by atoms with Crippen LogP contribution in [0.15, 0.2) is 79.1 Å². The van der Waals surface area contributed by atoms with E-state index in [1.807, 2.05) is 66.9 Å². The topological polar surface area (TPSA) is 86.8 Å². The first-order valence-electron chi connectivity index (χ1n) is 12.3. The van der Waals surface area contributed by atoms with E-state index in [-0.39, 0.29) is 6.04 Å². The second kappa shape index (κ2) is 12.7. The number of ether oxygens (including phenoxy) is 1. The molecule has 36 heavy (non-hydrogen) atoms. The molecule has 0 radical (unpaired) electrons. The molecule has 0 saturated carbocycles. The minimum atomic E-state index is -0.621. The maximum absolute atomic E-state index is 12.5. The van der Waals surface area contributed by atoms with Gasteiger partial charge in [-0.3, -0.25) is 19.5 Å². The number of methoxy groups -OCH3 is 1. The fourth-order valence-corrected chi connectivity index (χ4v) is 4.51. The van der Waals surface area contributed by atoms with Gasteiger partial charge in [0.25, 0.3) is 0 Å². The number of hydrogen-bond acceptors (Lipinski definition) is 6. The third-order valence-corrected chi connectivity index (χ3v) is 6.45. The van der Waals surface area contributed by atoms with Gasteiger partial charge in [0.1, 0.15) is 5.75 Å². The molecule has 0 spiro atoms. The van der Waals surface area contributed by atoms with E-state index >= 15 is 0 Å². The standard InChI is InChI=1S/C28H33N5O3/c1-36-26-12-6-5-11-24(26)32-16-18-33(19-17-32)25(23-10-7-14-29-20-23)21-31-28(35)27(34)30-15-13-22-8-3-2-4-9-22/h2-12,14,20,25H,13,15-19,21H2,1H3,(H,30,34)(H,31,35)/t25-/m1/s1. The number of anilines is 1. The van der Waals surface area contributed by atoms with Crippen LogP contribution in [-0.4, -0.2) is 68.1 Å². The number of rotatable bonds is 9. The van der Waals surface area contributed by atoms with E-state index in [0.717, 1.165) is 48.7 Å². The molecule has 0 bridgehead atoms. The van der Waals surface area contributed by atoms with Crippen molar-refractivity contribution in [2.24, 2.45) is 0 Å². The van der Waals surface area contributed by atoms with Crippen LogP contribution in [0.3, 0.4) is 0 Å². The van der Waals surface area contributed by atoms with Crippen LogP contribution in [0.2, 0.25) is 0 Å². The summed E-state index contributed by atoms with van der Waals surface area (Å²) in [4.78, 5) is 33.8. The number of pyridine rings is 1. The van der Waals surface area contributed by atoms with Gasteiger partial charge in [-0.15, -0.1) is 0 Å². The molecule has 1 aliphatic heterocycles. The molecule has 0 aliphatic carbocycles. The number of carbonyl (C=O) groups excluding carboxylic acids is 2. The van der Waals surface area contributed by atoms with Crippen molar-refractivity contribution in [1.29, 1.82) is 0 Å². The summed E-state index contributed by atoms with van der Waals surface area (Å²) >= 11 is 0. The number of aromatic nitrogens is 1. The fraction of sp³-hybridized carbons (Fsp3) is 0.321.